The topological polar surface area (TPSA) is 48.1 Å². The van der Waals surface area contributed by atoms with Crippen LogP contribution in [-0.4, -0.2) is 4.98 Å². The van der Waals surface area contributed by atoms with E-state index in [1.807, 2.05) is 6.92 Å². The second-order valence-electron chi connectivity index (χ2n) is 3.72. The van der Waals surface area contributed by atoms with Crippen molar-refractivity contribution in [3.8, 4) is 5.75 Å². The number of anilines is 1. The van der Waals surface area contributed by atoms with Crippen molar-refractivity contribution >= 4 is 5.82 Å². The molecule has 0 aliphatic rings. The summed E-state index contributed by atoms with van der Waals surface area (Å²) in [5.41, 5.74) is 7.01. The molecule has 0 radical (unpaired) electrons. The summed E-state index contributed by atoms with van der Waals surface area (Å²) < 4.78 is 18.8. The first-order valence-electron chi connectivity index (χ1n) is 5.26. The number of nitrogens with two attached hydrogens (primary N) is 1. The largest absolute Gasteiger partial charge is 0.485 e. The number of nitrogen functional groups attached to an aromatic ring is 1. The summed E-state index contributed by atoms with van der Waals surface area (Å²) in [5.74, 6) is 0.506. The summed E-state index contributed by atoms with van der Waals surface area (Å²) in [7, 11) is 0. The van der Waals surface area contributed by atoms with E-state index in [4.69, 9.17) is 10.5 Å². The molecule has 0 aliphatic carbocycles. The number of pyridine rings is 1. The minimum absolute atomic E-state index is 0.140. The van der Waals surface area contributed by atoms with Gasteiger partial charge < -0.3 is 10.5 Å². The fourth-order valence-electron chi connectivity index (χ4n) is 1.46. The SMILES string of the molecule is Cc1ccc(OCc2ccccc2F)c(N)n1. The lowest BCUT2D eigenvalue weighted by atomic mass is 10.2. The highest BCUT2D eigenvalue weighted by atomic mass is 19.1. The maximum absolute atomic E-state index is 13.3. The lowest BCUT2D eigenvalue weighted by molar-refractivity contribution is 0.300. The Morgan fingerprint density at radius 3 is 2.71 bits per heavy atom. The van der Waals surface area contributed by atoms with Gasteiger partial charge in [-0.3, -0.25) is 0 Å². The van der Waals surface area contributed by atoms with Gasteiger partial charge in [0.2, 0.25) is 0 Å². The maximum atomic E-state index is 13.3. The molecule has 1 aromatic carbocycles. The average Bonchev–Trinajstić information content (AvgIpc) is 2.30. The zero-order valence-corrected chi connectivity index (χ0v) is 9.48. The molecule has 0 saturated heterocycles. The maximum Gasteiger partial charge on any atom is 0.166 e. The molecule has 0 spiro atoms. The molecule has 2 N–H and O–H groups in total. The summed E-state index contributed by atoms with van der Waals surface area (Å²) in [6, 6.07) is 10.0. The van der Waals surface area contributed by atoms with Crippen molar-refractivity contribution in [2.24, 2.45) is 0 Å². The number of rotatable bonds is 3. The molecule has 0 atom stereocenters. The Hall–Kier alpha value is -2.10. The predicted molar refractivity (Wildman–Crippen MR) is 64.1 cm³/mol. The minimum atomic E-state index is -0.286. The van der Waals surface area contributed by atoms with E-state index in [9.17, 15) is 4.39 Å². The van der Waals surface area contributed by atoms with Crippen LogP contribution in [0.3, 0.4) is 0 Å². The molecular formula is C13H13FN2O. The van der Waals surface area contributed by atoms with Crippen LogP contribution in [0.5, 0.6) is 5.75 Å². The van der Waals surface area contributed by atoms with Gasteiger partial charge in [-0.25, -0.2) is 9.37 Å². The quantitative estimate of drug-likeness (QED) is 0.885. The van der Waals surface area contributed by atoms with Crippen molar-refractivity contribution in [1.82, 2.24) is 4.98 Å². The first-order valence-corrected chi connectivity index (χ1v) is 5.26. The third kappa shape index (κ3) is 2.72. The molecule has 0 unspecified atom stereocenters. The fourth-order valence-corrected chi connectivity index (χ4v) is 1.46. The summed E-state index contributed by atoms with van der Waals surface area (Å²) in [4.78, 5) is 4.07. The number of ether oxygens (including phenoxy) is 1. The van der Waals surface area contributed by atoms with Crippen LogP contribution in [-0.2, 0) is 6.61 Å². The monoisotopic (exact) mass is 232 g/mol. The van der Waals surface area contributed by atoms with E-state index >= 15 is 0 Å². The molecule has 4 heteroatoms. The smallest absolute Gasteiger partial charge is 0.166 e. The number of aromatic nitrogens is 1. The van der Waals surface area contributed by atoms with Crippen molar-refractivity contribution in [1.29, 1.82) is 0 Å². The van der Waals surface area contributed by atoms with Crippen LogP contribution in [0.25, 0.3) is 0 Å². The molecule has 1 aromatic heterocycles. The second kappa shape index (κ2) is 4.82. The Balaban J connectivity index is 2.10. The Bertz CT molecular complexity index is 529. The van der Waals surface area contributed by atoms with Gasteiger partial charge in [-0.2, -0.15) is 0 Å². The van der Waals surface area contributed by atoms with Gasteiger partial charge in [0, 0.05) is 11.3 Å². The van der Waals surface area contributed by atoms with E-state index in [0.29, 0.717) is 17.1 Å². The van der Waals surface area contributed by atoms with Crippen molar-refractivity contribution in [3.63, 3.8) is 0 Å². The standard InChI is InChI=1S/C13H13FN2O/c1-9-6-7-12(13(15)16-9)17-8-10-4-2-3-5-11(10)14/h2-7H,8H2,1H3,(H2,15,16). The normalized spacial score (nSPS) is 10.2. The van der Waals surface area contributed by atoms with Crippen LogP contribution >= 0.6 is 0 Å². The van der Waals surface area contributed by atoms with Gasteiger partial charge in [0.05, 0.1) is 0 Å². The molecule has 2 aromatic rings. The van der Waals surface area contributed by atoms with Gasteiger partial charge >= 0.3 is 0 Å². The second-order valence-corrected chi connectivity index (χ2v) is 3.72. The molecule has 88 valence electrons. The number of hydrogen-bond acceptors (Lipinski definition) is 3. The molecule has 0 aliphatic heterocycles. The van der Waals surface area contributed by atoms with Gasteiger partial charge in [0.15, 0.2) is 11.6 Å². The van der Waals surface area contributed by atoms with E-state index in [2.05, 4.69) is 4.98 Å². The van der Waals surface area contributed by atoms with Crippen molar-refractivity contribution in [2.45, 2.75) is 13.5 Å². The third-order valence-electron chi connectivity index (χ3n) is 2.37. The van der Waals surface area contributed by atoms with E-state index in [1.54, 1.807) is 30.3 Å². The van der Waals surface area contributed by atoms with Crippen molar-refractivity contribution < 1.29 is 9.13 Å². The Morgan fingerprint density at radius 2 is 2.00 bits per heavy atom. The van der Waals surface area contributed by atoms with E-state index in [-0.39, 0.29) is 12.4 Å². The zero-order valence-electron chi connectivity index (χ0n) is 9.48. The lowest BCUT2D eigenvalue weighted by Crippen LogP contribution is -2.02. The highest BCUT2D eigenvalue weighted by Crippen LogP contribution is 2.20. The Morgan fingerprint density at radius 1 is 1.24 bits per heavy atom. The summed E-state index contributed by atoms with van der Waals surface area (Å²) in [6.07, 6.45) is 0. The van der Waals surface area contributed by atoms with E-state index in [0.717, 1.165) is 5.69 Å². The van der Waals surface area contributed by atoms with Crippen LogP contribution in [0.1, 0.15) is 11.3 Å². The Labute approximate surface area is 99.1 Å². The highest BCUT2D eigenvalue weighted by molar-refractivity contribution is 5.46. The molecule has 2 rings (SSSR count). The van der Waals surface area contributed by atoms with Crippen molar-refractivity contribution in [2.75, 3.05) is 5.73 Å². The van der Waals surface area contributed by atoms with Crippen LogP contribution in [0.4, 0.5) is 10.2 Å². The van der Waals surface area contributed by atoms with Crippen LogP contribution < -0.4 is 10.5 Å². The van der Waals surface area contributed by atoms with Gasteiger partial charge in [-0.05, 0) is 25.1 Å². The van der Waals surface area contributed by atoms with Gasteiger partial charge in [0.1, 0.15) is 12.4 Å². The van der Waals surface area contributed by atoms with E-state index < -0.39 is 0 Å². The molecule has 1 heterocycles. The predicted octanol–water partition coefficient (Wildman–Crippen LogP) is 2.69. The fraction of sp³-hybridized carbons (Fsp3) is 0.154. The summed E-state index contributed by atoms with van der Waals surface area (Å²) in [6.45, 7) is 1.98. The number of hydrogen-bond donors (Lipinski definition) is 1. The molecule has 3 nitrogen and oxygen atoms in total. The zero-order chi connectivity index (χ0) is 12.3. The Kier molecular flexibility index (Phi) is 3.23. The van der Waals surface area contributed by atoms with Crippen LogP contribution in [0.15, 0.2) is 36.4 Å². The molecular weight excluding hydrogens is 219 g/mol. The number of aryl methyl sites for hydroxylation is 1. The van der Waals surface area contributed by atoms with Crippen LogP contribution in [0.2, 0.25) is 0 Å². The minimum Gasteiger partial charge on any atom is -0.485 e. The summed E-state index contributed by atoms with van der Waals surface area (Å²) in [5, 5.41) is 0. The summed E-state index contributed by atoms with van der Waals surface area (Å²) >= 11 is 0. The number of nitrogens with zero attached hydrogens (tertiary/aromatic N) is 1. The molecule has 0 fully saturated rings. The lowest BCUT2D eigenvalue weighted by Gasteiger charge is -2.09. The third-order valence-corrected chi connectivity index (χ3v) is 2.37. The first-order chi connectivity index (χ1) is 8.16. The highest BCUT2D eigenvalue weighted by Gasteiger charge is 2.05. The number of halogens is 1. The van der Waals surface area contributed by atoms with Gasteiger partial charge in [-0.1, -0.05) is 18.2 Å². The molecule has 0 bridgehead atoms. The van der Waals surface area contributed by atoms with Crippen molar-refractivity contribution in [3.05, 3.63) is 53.5 Å². The first kappa shape index (κ1) is 11.4. The molecule has 0 saturated carbocycles. The number of benzene rings is 1. The molecule has 17 heavy (non-hydrogen) atoms. The van der Waals surface area contributed by atoms with Crippen LogP contribution in [0, 0.1) is 12.7 Å². The average molecular weight is 232 g/mol. The van der Waals surface area contributed by atoms with Gasteiger partial charge in [-0.15, -0.1) is 0 Å². The van der Waals surface area contributed by atoms with E-state index in [1.165, 1.54) is 6.07 Å². The van der Waals surface area contributed by atoms with Gasteiger partial charge in [0.25, 0.3) is 0 Å². The molecule has 0 amide bonds.